The Balaban J connectivity index is 1.30. The summed E-state index contributed by atoms with van der Waals surface area (Å²) in [5, 5.41) is 2.92. The number of nitrogens with zero attached hydrogens (tertiary/aromatic N) is 1. The second-order valence-corrected chi connectivity index (χ2v) is 9.42. The Morgan fingerprint density at radius 2 is 1.88 bits per heavy atom. The molecule has 0 saturated carbocycles. The van der Waals surface area contributed by atoms with Gasteiger partial charge in [-0.15, -0.1) is 0 Å². The van der Waals surface area contributed by atoms with Crippen LogP contribution in [-0.4, -0.2) is 29.7 Å². The Bertz CT molecular complexity index is 1730. The van der Waals surface area contributed by atoms with Crippen LogP contribution >= 0.6 is 0 Å². The first-order chi connectivity index (χ1) is 20.0. The summed E-state index contributed by atoms with van der Waals surface area (Å²) in [6.07, 6.45) is 11.8. The van der Waals surface area contributed by atoms with E-state index in [0.717, 1.165) is 18.4 Å². The lowest BCUT2D eigenvalue weighted by atomic mass is 10.0. The van der Waals surface area contributed by atoms with Gasteiger partial charge >= 0.3 is 0 Å². The number of aromatic nitrogens is 1. The highest BCUT2D eigenvalue weighted by atomic mass is 16.7. The Hall–Kier alpha value is -5.25. The Morgan fingerprint density at radius 3 is 2.63 bits per heavy atom. The minimum absolute atomic E-state index is 0.00582. The third-order valence-corrected chi connectivity index (χ3v) is 6.72. The number of carbonyl (C=O) groups excluding carboxylic acids is 2. The van der Waals surface area contributed by atoms with Gasteiger partial charge in [0.25, 0.3) is 0 Å². The second kappa shape index (κ2) is 11.1. The molecule has 3 aliphatic rings. The summed E-state index contributed by atoms with van der Waals surface area (Å²) in [6.45, 7) is 2.13. The standard InChI is InChI=1S/C31H26N2O8/c1-2-38-21-10-8-20(9-11-21)30(35)23-14-33(24-13-26-25(39-18-40-26)12-22(24)31(23)36)15-28(34)32-29-17-37-16-27(41-29)19-6-4-3-5-7-19/h3-4,6,8-14,16-17H,2,5,7,15,18H2,1H3,(H,32,34). The number of benzene rings is 2. The van der Waals surface area contributed by atoms with Crippen molar-refractivity contribution in [2.45, 2.75) is 26.3 Å². The number of hydrogen-bond acceptors (Lipinski definition) is 8. The molecule has 0 fully saturated rings. The molecule has 0 radical (unpaired) electrons. The average Bonchev–Trinajstić information content (AvgIpc) is 3.46. The number of hydrogen-bond donors (Lipinski definition) is 1. The van der Waals surface area contributed by atoms with Crippen LogP contribution in [0.3, 0.4) is 0 Å². The number of fused-ring (bicyclic) bond motifs is 2. The van der Waals surface area contributed by atoms with Crippen LogP contribution in [0.15, 0.2) is 95.4 Å². The molecule has 6 rings (SSSR count). The number of carbonyl (C=O) groups is 2. The van der Waals surface area contributed by atoms with Gasteiger partial charge in [0.2, 0.25) is 24.0 Å². The van der Waals surface area contributed by atoms with Crippen molar-refractivity contribution in [3.63, 3.8) is 0 Å². The highest BCUT2D eigenvalue weighted by molar-refractivity contribution is 6.10. The molecule has 208 valence electrons. The molecule has 0 atom stereocenters. The van der Waals surface area contributed by atoms with Crippen LogP contribution < -0.4 is 25.0 Å². The lowest BCUT2D eigenvalue weighted by Crippen LogP contribution is -2.30. The fourth-order valence-corrected chi connectivity index (χ4v) is 4.76. The second-order valence-electron chi connectivity index (χ2n) is 9.42. The SMILES string of the molecule is CCOc1ccc(C(=O)c2cn(CC(=O)NC3=COC=C(C4=CC=CCC4)O3)c3cc4c(cc3c2=O)OCO4)cc1. The first-order valence-electron chi connectivity index (χ1n) is 13.1. The highest BCUT2D eigenvalue weighted by Gasteiger charge is 2.23. The van der Waals surface area contributed by atoms with Gasteiger partial charge in [-0.1, -0.05) is 18.2 Å². The topological polar surface area (TPSA) is 114 Å². The van der Waals surface area contributed by atoms with E-state index in [0.29, 0.717) is 40.7 Å². The van der Waals surface area contributed by atoms with Crippen molar-refractivity contribution in [3.05, 3.63) is 112 Å². The third-order valence-electron chi connectivity index (χ3n) is 6.72. The van der Waals surface area contributed by atoms with Crippen molar-refractivity contribution in [2.24, 2.45) is 0 Å². The zero-order valence-corrected chi connectivity index (χ0v) is 22.2. The van der Waals surface area contributed by atoms with Gasteiger partial charge in [-0.3, -0.25) is 19.7 Å². The number of allylic oxidation sites excluding steroid dienone is 4. The minimum atomic E-state index is -0.483. The predicted molar refractivity (Wildman–Crippen MR) is 148 cm³/mol. The maximum absolute atomic E-state index is 13.5. The van der Waals surface area contributed by atoms with Crippen LogP contribution in [0.1, 0.15) is 35.7 Å². The maximum atomic E-state index is 13.5. The largest absolute Gasteiger partial charge is 0.494 e. The van der Waals surface area contributed by atoms with Crippen LogP contribution in [0.25, 0.3) is 10.9 Å². The normalized spacial score (nSPS) is 15.3. The maximum Gasteiger partial charge on any atom is 0.246 e. The zero-order chi connectivity index (χ0) is 28.3. The molecule has 2 aromatic carbocycles. The predicted octanol–water partition coefficient (Wildman–Crippen LogP) is 4.44. The van der Waals surface area contributed by atoms with Crippen molar-refractivity contribution in [2.75, 3.05) is 13.4 Å². The van der Waals surface area contributed by atoms with Crippen molar-refractivity contribution in [3.8, 4) is 17.2 Å². The first-order valence-corrected chi connectivity index (χ1v) is 13.1. The van der Waals surface area contributed by atoms with E-state index >= 15 is 0 Å². The van der Waals surface area contributed by atoms with Crippen LogP contribution in [0, 0.1) is 0 Å². The van der Waals surface area contributed by atoms with Gasteiger partial charge in [0, 0.05) is 17.8 Å². The highest BCUT2D eigenvalue weighted by Crippen LogP contribution is 2.35. The molecule has 10 heteroatoms. The number of nitrogens with one attached hydrogen (secondary N) is 1. The summed E-state index contributed by atoms with van der Waals surface area (Å²) in [4.78, 5) is 40.2. The molecule has 3 aromatic rings. The Labute approximate surface area is 234 Å². The van der Waals surface area contributed by atoms with E-state index in [1.807, 2.05) is 19.1 Å². The van der Waals surface area contributed by atoms with E-state index in [9.17, 15) is 14.4 Å². The number of rotatable bonds is 8. The number of ketones is 1. The van der Waals surface area contributed by atoms with Crippen LogP contribution in [0.4, 0.5) is 0 Å². The van der Waals surface area contributed by atoms with E-state index in [-0.39, 0.29) is 30.2 Å². The fourth-order valence-electron chi connectivity index (χ4n) is 4.76. The Kier molecular flexibility index (Phi) is 7.03. The van der Waals surface area contributed by atoms with Crippen LogP contribution in [0.2, 0.25) is 0 Å². The summed E-state index contributed by atoms with van der Waals surface area (Å²) in [5.41, 5.74) is 1.10. The number of ether oxygens (including phenoxy) is 5. The van der Waals surface area contributed by atoms with Gasteiger partial charge in [0.1, 0.15) is 18.6 Å². The van der Waals surface area contributed by atoms with Gasteiger partial charge in [0.15, 0.2) is 29.3 Å². The molecule has 1 N–H and O–H groups in total. The molecule has 0 spiro atoms. The summed E-state index contributed by atoms with van der Waals surface area (Å²) < 4.78 is 29.2. The molecule has 0 bridgehead atoms. The molecule has 2 aliphatic heterocycles. The van der Waals surface area contributed by atoms with Gasteiger partial charge in [-0.2, -0.15) is 0 Å². The van der Waals surface area contributed by atoms with Gasteiger partial charge < -0.3 is 28.3 Å². The molecule has 1 amide bonds. The number of pyridine rings is 1. The molecule has 1 aliphatic carbocycles. The smallest absolute Gasteiger partial charge is 0.246 e. The van der Waals surface area contributed by atoms with Crippen molar-refractivity contribution < 1.29 is 33.3 Å². The zero-order valence-electron chi connectivity index (χ0n) is 22.2. The fraction of sp³-hybridized carbons (Fsp3) is 0.194. The molecule has 3 heterocycles. The first kappa shape index (κ1) is 26.0. The quantitative estimate of drug-likeness (QED) is 0.407. The molecule has 0 unspecified atom stereocenters. The van der Waals surface area contributed by atoms with Crippen molar-refractivity contribution in [1.82, 2.24) is 9.88 Å². The van der Waals surface area contributed by atoms with Crippen molar-refractivity contribution in [1.29, 1.82) is 0 Å². The van der Waals surface area contributed by atoms with E-state index < -0.39 is 17.1 Å². The molecule has 41 heavy (non-hydrogen) atoms. The summed E-state index contributed by atoms with van der Waals surface area (Å²) >= 11 is 0. The van der Waals surface area contributed by atoms with E-state index in [1.165, 1.54) is 29.4 Å². The molecular weight excluding hydrogens is 528 g/mol. The lowest BCUT2D eigenvalue weighted by Gasteiger charge is -2.20. The van der Waals surface area contributed by atoms with Crippen molar-refractivity contribution >= 4 is 22.6 Å². The molecule has 0 saturated heterocycles. The van der Waals surface area contributed by atoms with Gasteiger partial charge in [-0.05, 0) is 55.7 Å². The molecular formula is C31H26N2O8. The van der Waals surface area contributed by atoms with Crippen LogP contribution in [0.5, 0.6) is 17.2 Å². The monoisotopic (exact) mass is 554 g/mol. The number of amides is 1. The third kappa shape index (κ3) is 5.31. The van der Waals surface area contributed by atoms with Gasteiger partial charge in [-0.25, -0.2) is 0 Å². The minimum Gasteiger partial charge on any atom is -0.494 e. The summed E-state index contributed by atoms with van der Waals surface area (Å²) in [6, 6.07) is 9.70. The summed E-state index contributed by atoms with van der Waals surface area (Å²) in [7, 11) is 0. The molecule has 1 aromatic heterocycles. The van der Waals surface area contributed by atoms with Gasteiger partial charge in [0.05, 0.1) is 23.1 Å². The van der Waals surface area contributed by atoms with E-state index in [4.69, 9.17) is 23.7 Å². The van der Waals surface area contributed by atoms with Crippen LogP contribution in [-0.2, 0) is 20.8 Å². The van der Waals surface area contributed by atoms with E-state index in [1.54, 1.807) is 30.3 Å². The lowest BCUT2D eigenvalue weighted by molar-refractivity contribution is -0.121. The average molecular weight is 555 g/mol. The summed E-state index contributed by atoms with van der Waals surface area (Å²) in [5.74, 6) is 1.13. The van der Waals surface area contributed by atoms with E-state index in [2.05, 4.69) is 11.4 Å². The Morgan fingerprint density at radius 1 is 1.07 bits per heavy atom. The molecule has 10 nitrogen and oxygen atoms in total.